The van der Waals surface area contributed by atoms with Gasteiger partial charge in [0.2, 0.25) is 5.91 Å². The van der Waals surface area contributed by atoms with E-state index in [0.717, 1.165) is 4.68 Å². The summed E-state index contributed by atoms with van der Waals surface area (Å²) in [4.78, 5) is 12.5. The topological polar surface area (TPSA) is 70.7 Å². The zero-order valence-corrected chi connectivity index (χ0v) is 14.4. The van der Waals surface area contributed by atoms with E-state index in [4.69, 9.17) is 16.9 Å². The summed E-state index contributed by atoms with van der Waals surface area (Å²) in [6, 6.07) is 7.28. The van der Waals surface area contributed by atoms with Gasteiger partial charge in [-0.25, -0.2) is 0 Å². The smallest absolute Gasteiger partial charge is 0.323 e. The van der Waals surface area contributed by atoms with Gasteiger partial charge in [-0.15, -0.1) is 0 Å². The molecule has 0 bridgehead atoms. The summed E-state index contributed by atoms with van der Waals surface area (Å²) in [5.41, 5.74) is -0.410. The zero-order chi connectivity index (χ0) is 19.1. The zero-order valence-electron chi connectivity index (χ0n) is 13.6. The van der Waals surface area contributed by atoms with Crippen LogP contribution in [0.2, 0.25) is 5.02 Å². The molecule has 1 unspecified atom stereocenters. The highest BCUT2D eigenvalue weighted by molar-refractivity contribution is 6.32. The Morgan fingerprint density at radius 3 is 2.65 bits per heavy atom. The highest BCUT2D eigenvalue weighted by atomic mass is 35.5. The molecule has 1 aliphatic rings. The minimum Gasteiger partial charge on any atom is -0.323 e. The summed E-state index contributed by atoms with van der Waals surface area (Å²) < 4.78 is 40.5. The highest BCUT2D eigenvalue weighted by Gasteiger charge is 2.43. The molecule has 1 heterocycles. The van der Waals surface area contributed by atoms with Gasteiger partial charge in [-0.1, -0.05) is 23.7 Å². The molecule has 0 saturated heterocycles. The Morgan fingerprint density at radius 2 is 2.08 bits per heavy atom. The molecule has 1 amide bonds. The van der Waals surface area contributed by atoms with E-state index in [-0.39, 0.29) is 22.9 Å². The minimum absolute atomic E-state index is 0.132. The van der Waals surface area contributed by atoms with E-state index < -0.39 is 28.8 Å². The van der Waals surface area contributed by atoms with Crippen LogP contribution in [-0.4, -0.2) is 15.7 Å². The Labute approximate surface area is 152 Å². The van der Waals surface area contributed by atoms with Crippen molar-refractivity contribution in [2.75, 3.05) is 5.32 Å². The van der Waals surface area contributed by atoms with Crippen LogP contribution in [0.5, 0.6) is 0 Å². The molecule has 2 aromatic rings. The van der Waals surface area contributed by atoms with Crippen molar-refractivity contribution in [1.29, 1.82) is 5.26 Å². The normalized spacial score (nSPS) is 15.4. The van der Waals surface area contributed by atoms with E-state index in [1.54, 1.807) is 18.2 Å². The lowest BCUT2D eigenvalue weighted by atomic mass is 10.2. The Morgan fingerprint density at radius 1 is 1.42 bits per heavy atom. The fourth-order valence-electron chi connectivity index (χ4n) is 2.66. The van der Waals surface area contributed by atoms with Crippen LogP contribution >= 0.6 is 11.6 Å². The molecule has 1 aliphatic carbocycles. The third-order valence-electron chi connectivity index (χ3n) is 4.17. The predicted octanol–water partition coefficient (Wildman–Crippen LogP) is 4.50. The average molecular weight is 383 g/mol. The summed E-state index contributed by atoms with van der Waals surface area (Å²) in [5.74, 6) is -0.713. The van der Waals surface area contributed by atoms with Gasteiger partial charge in [-0.3, -0.25) is 9.48 Å². The monoisotopic (exact) mass is 382 g/mol. The van der Waals surface area contributed by atoms with E-state index in [9.17, 15) is 18.0 Å². The number of nitrogens with zero attached hydrogens (tertiary/aromatic N) is 3. The van der Waals surface area contributed by atoms with Crippen molar-refractivity contribution in [3.05, 3.63) is 46.2 Å². The lowest BCUT2D eigenvalue weighted by molar-refractivity contribution is -0.141. The quantitative estimate of drug-likeness (QED) is 0.846. The Kier molecular flexibility index (Phi) is 4.67. The number of hydrogen-bond acceptors (Lipinski definition) is 3. The van der Waals surface area contributed by atoms with Crippen LogP contribution in [0.1, 0.15) is 48.7 Å². The average Bonchev–Trinajstić information content (AvgIpc) is 3.36. The van der Waals surface area contributed by atoms with Crippen LogP contribution < -0.4 is 5.32 Å². The van der Waals surface area contributed by atoms with Gasteiger partial charge in [0.15, 0.2) is 5.69 Å². The van der Waals surface area contributed by atoms with Crippen LogP contribution in [-0.2, 0) is 11.0 Å². The number of alkyl halides is 3. The molecule has 136 valence electrons. The minimum atomic E-state index is -4.70. The molecule has 1 saturated carbocycles. The number of hydrogen-bond donors (Lipinski definition) is 1. The first kappa shape index (κ1) is 18.3. The molecule has 1 N–H and O–H groups in total. The molecule has 0 radical (unpaired) electrons. The SMILES string of the molecule is CC(C(=O)Nc1ccccc1C#N)n1nc(C(F)(F)F)c(Cl)c1C1CC1. The van der Waals surface area contributed by atoms with E-state index >= 15 is 0 Å². The van der Waals surface area contributed by atoms with E-state index in [1.165, 1.54) is 13.0 Å². The van der Waals surface area contributed by atoms with Crippen molar-refractivity contribution in [3.8, 4) is 6.07 Å². The number of nitrogens with one attached hydrogen (secondary N) is 1. The van der Waals surface area contributed by atoms with Gasteiger partial charge in [-0.05, 0) is 31.9 Å². The number of nitriles is 1. The Balaban J connectivity index is 1.93. The van der Waals surface area contributed by atoms with E-state index in [2.05, 4.69) is 10.4 Å². The number of anilines is 1. The third-order valence-corrected chi connectivity index (χ3v) is 4.54. The molecule has 5 nitrogen and oxygen atoms in total. The molecule has 3 rings (SSSR count). The van der Waals surface area contributed by atoms with Crippen LogP contribution in [0.15, 0.2) is 24.3 Å². The number of rotatable bonds is 4. The number of carbonyl (C=O) groups is 1. The summed E-state index contributed by atoms with van der Waals surface area (Å²) in [5, 5.41) is 14.8. The van der Waals surface area contributed by atoms with Gasteiger partial charge in [0.1, 0.15) is 12.1 Å². The van der Waals surface area contributed by atoms with Crippen LogP contribution in [0.3, 0.4) is 0 Å². The van der Waals surface area contributed by atoms with Crippen LogP contribution in [0.4, 0.5) is 18.9 Å². The molecule has 1 aromatic carbocycles. The van der Waals surface area contributed by atoms with Gasteiger partial charge < -0.3 is 5.32 Å². The maximum atomic E-state index is 13.1. The second-order valence-electron chi connectivity index (χ2n) is 6.09. The number of aromatic nitrogens is 2. The van der Waals surface area contributed by atoms with Crippen molar-refractivity contribution < 1.29 is 18.0 Å². The fourth-order valence-corrected chi connectivity index (χ4v) is 3.05. The van der Waals surface area contributed by atoms with Crippen molar-refractivity contribution in [2.45, 2.75) is 37.9 Å². The molecule has 0 spiro atoms. The maximum Gasteiger partial charge on any atom is 0.436 e. The molecule has 26 heavy (non-hydrogen) atoms. The molecular formula is C17H14ClF3N4O. The number of halogens is 4. The Hall–Kier alpha value is -2.53. The first-order chi connectivity index (χ1) is 12.2. The molecule has 1 aromatic heterocycles. The van der Waals surface area contributed by atoms with Crippen LogP contribution in [0.25, 0.3) is 0 Å². The van der Waals surface area contributed by atoms with Crippen molar-refractivity contribution >= 4 is 23.2 Å². The first-order valence-corrected chi connectivity index (χ1v) is 8.27. The van der Waals surface area contributed by atoms with Gasteiger partial charge >= 0.3 is 6.18 Å². The van der Waals surface area contributed by atoms with Gasteiger partial charge in [0, 0.05) is 5.92 Å². The number of benzene rings is 1. The first-order valence-electron chi connectivity index (χ1n) is 7.89. The highest BCUT2D eigenvalue weighted by Crippen LogP contribution is 2.47. The molecule has 9 heteroatoms. The maximum absolute atomic E-state index is 13.1. The van der Waals surface area contributed by atoms with Crippen molar-refractivity contribution in [3.63, 3.8) is 0 Å². The molecular weight excluding hydrogens is 369 g/mol. The van der Waals surface area contributed by atoms with Crippen molar-refractivity contribution in [2.24, 2.45) is 0 Å². The molecule has 1 fully saturated rings. The van der Waals surface area contributed by atoms with Gasteiger partial charge in [0.25, 0.3) is 0 Å². The van der Waals surface area contributed by atoms with Gasteiger partial charge in [0.05, 0.1) is 22.0 Å². The standard InChI is InChI=1S/C17H14ClF3N4O/c1-9(16(26)23-12-5-3-2-4-11(12)8-22)25-14(10-6-7-10)13(18)15(24-25)17(19,20)21/h2-5,9-10H,6-7H2,1H3,(H,23,26). The lowest BCUT2D eigenvalue weighted by Gasteiger charge is -2.16. The third kappa shape index (κ3) is 3.40. The molecule has 0 aliphatic heterocycles. The van der Waals surface area contributed by atoms with Gasteiger partial charge in [-0.2, -0.15) is 23.5 Å². The summed E-state index contributed by atoms with van der Waals surface area (Å²) in [6.07, 6.45) is -3.29. The lowest BCUT2D eigenvalue weighted by Crippen LogP contribution is -2.26. The summed E-state index contributed by atoms with van der Waals surface area (Å²) in [7, 11) is 0. The van der Waals surface area contributed by atoms with E-state index in [1.807, 2.05) is 6.07 Å². The van der Waals surface area contributed by atoms with E-state index in [0.29, 0.717) is 12.8 Å². The molecule has 1 atom stereocenters. The largest absolute Gasteiger partial charge is 0.436 e. The summed E-state index contributed by atoms with van der Waals surface area (Å²) in [6.45, 7) is 1.44. The fraction of sp³-hybridized carbons (Fsp3) is 0.353. The number of para-hydroxylation sites is 1. The Bertz CT molecular complexity index is 896. The summed E-state index contributed by atoms with van der Waals surface area (Å²) >= 11 is 5.93. The number of amides is 1. The number of carbonyl (C=O) groups excluding carboxylic acids is 1. The predicted molar refractivity (Wildman–Crippen MR) is 88.7 cm³/mol. The van der Waals surface area contributed by atoms with Crippen LogP contribution in [0, 0.1) is 11.3 Å². The van der Waals surface area contributed by atoms with Crippen molar-refractivity contribution in [1.82, 2.24) is 9.78 Å². The second kappa shape index (κ2) is 6.65. The second-order valence-corrected chi connectivity index (χ2v) is 6.47.